The molecule has 0 aromatic carbocycles. The molecule has 1 aliphatic carbocycles. The summed E-state index contributed by atoms with van der Waals surface area (Å²) in [6, 6.07) is 1.23. The van der Waals surface area contributed by atoms with Gasteiger partial charge >= 0.3 is 0 Å². The maximum atomic E-state index is 11.2. The van der Waals surface area contributed by atoms with E-state index >= 15 is 0 Å². The standard InChI is InChI=1S/C14H27N5O/c1-15-13(20)9-17-14(16-2)18-11-7-8-19(10-11)12-5-3-4-6-12/h11-12H,3-10H2,1-2H3,(H,15,20)(H2,16,17,18). The molecule has 0 aromatic heterocycles. The largest absolute Gasteiger partial charge is 0.358 e. The van der Waals surface area contributed by atoms with Gasteiger partial charge in [0.2, 0.25) is 5.91 Å². The lowest BCUT2D eigenvalue weighted by molar-refractivity contribution is -0.119. The lowest BCUT2D eigenvalue weighted by Gasteiger charge is -2.24. The van der Waals surface area contributed by atoms with Crippen molar-refractivity contribution in [3.8, 4) is 0 Å². The second-order valence-electron chi connectivity index (χ2n) is 5.66. The quantitative estimate of drug-likeness (QED) is 0.498. The molecule has 0 aromatic rings. The maximum Gasteiger partial charge on any atom is 0.239 e. The van der Waals surface area contributed by atoms with Crippen molar-refractivity contribution < 1.29 is 4.79 Å². The summed E-state index contributed by atoms with van der Waals surface area (Å²) in [4.78, 5) is 18.0. The molecule has 0 bridgehead atoms. The van der Waals surface area contributed by atoms with Gasteiger partial charge in [-0.3, -0.25) is 14.7 Å². The Morgan fingerprint density at radius 1 is 1.30 bits per heavy atom. The average molecular weight is 281 g/mol. The van der Waals surface area contributed by atoms with E-state index in [0.29, 0.717) is 12.0 Å². The van der Waals surface area contributed by atoms with Crippen LogP contribution in [0.4, 0.5) is 0 Å². The Hall–Kier alpha value is -1.30. The summed E-state index contributed by atoms with van der Waals surface area (Å²) < 4.78 is 0. The number of hydrogen-bond acceptors (Lipinski definition) is 3. The Bertz CT molecular complexity index is 351. The lowest BCUT2D eigenvalue weighted by atomic mass is 10.2. The van der Waals surface area contributed by atoms with E-state index in [1.54, 1.807) is 14.1 Å². The first kappa shape index (κ1) is 15.1. The number of nitrogens with zero attached hydrogens (tertiary/aromatic N) is 2. The number of carbonyl (C=O) groups is 1. The molecule has 0 radical (unpaired) electrons. The zero-order chi connectivity index (χ0) is 14.4. The van der Waals surface area contributed by atoms with Crippen LogP contribution in [0, 0.1) is 0 Å². The molecule has 20 heavy (non-hydrogen) atoms. The van der Waals surface area contributed by atoms with E-state index in [9.17, 15) is 4.79 Å². The van der Waals surface area contributed by atoms with Crippen molar-refractivity contribution in [3.63, 3.8) is 0 Å². The van der Waals surface area contributed by atoms with Crippen LogP contribution >= 0.6 is 0 Å². The van der Waals surface area contributed by atoms with Crippen molar-refractivity contribution in [2.45, 2.75) is 44.2 Å². The van der Waals surface area contributed by atoms with Crippen LogP contribution in [0.2, 0.25) is 0 Å². The van der Waals surface area contributed by atoms with Gasteiger partial charge in [-0.1, -0.05) is 12.8 Å². The number of nitrogens with one attached hydrogen (secondary N) is 3. The smallest absolute Gasteiger partial charge is 0.239 e. The maximum absolute atomic E-state index is 11.2. The third-order valence-corrected chi connectivity index (χ3v) is 4.32. The van der Waals surface area contributed by atoms with Crippen LogP contribution in [0.25, 0.3) is 0 Å². The van der Waals surface area contributed by atoms with Crippen molar-refractivity contribution in [2.75, 3.05) is 33.7 Å². The second kappa shape index (κ2) is 7.47. The molecule has 1 heterocycles. The van der Waals surface area contributed by atoms with Crippen LogP contribution < -0.4 is 16.0 Å². The third-order valence-electron chi connectivity index (χ3n) is 4.32. The molecule has 1 saturated heterocycles. The summed E-state index contributed by atoms with van der Waals surface area (Å²) in [5, 5.41) is 9.05. The Balaban J connectivity index is 1.73. The number of guanidine groups is 1. The minimum atomic E-state index is -0.0352. The highest BCUT2D eigenvalue weighted by atomic mass is 16.1. The van der Waals surface area contributed by atoms with Crippen LogP contribution in [0.1, 0.15) is 32.1 Å². The number of carbonyl (C=O) groups excluding carboxylic acids is 1. The highest BCUT2D eigenvalue weighted by molar-refractivity contribution is 5.86. The van der Waals surface area contributed by atoms with E-state index in [1.807, 2.05) is 0 Å². The van der Waals surface area contributed by atoms with Crippen LogP contribution in [-0.2, 0) is 4.79 Å². The predicted octanol–water partition coefficient (Wildman–Crippen LogP) is -0.0857. The van der Waals surface area contributed by atoms with Gasteiger partial charge in [-0.15, -0.1) is 0 Å². The van der Waals surface area contributed by atoms with Gasteiger partial charge in [-0.25, -0.2) is 0 Å². The number of likely N-dealkylation sites (tertiary alicyclic amines) is 1. The highest BCUT2D eigenvalue weighted by Gasteiger charge is 2.30. The van der Waals surface area contributed by atoms with Crippen LogP contribution in [0.3, 0.4) is 0 Å². The number of amides is 1. The topological polar surface area (TPSA) is 68.8 Å². The summed E-state index contributed by atoms with van der Waals surface area (Å²) >= 11 is 0. The van der Waals surface area contributed by atoms with Crippen LogP contribution in [-0.4, -0.2) is 62.6 Å². The molecule has 1 saturated carbocycles. The van der Waals surface area contributed by atoms with Gasteiger partial charge in [0.1, 0.15) is 0 Å². The van der Waals surface area contributed by atoms with E-state index in [1.165, 1.54) is 32.2 Å². The molecule has 1 atom stereocenters. The summed E-state index contributed by atoms with van der Waals surface area (Å²) in [5.41, 5.74) is 0. The first-order valence-corrected chi connectivity index (χ1v) is 7.64. The van der Waals surface area contributed by atoms with E-state index in [0.717, 1.165) is 19.0 Å². The van der Waals surface area contributed by atoms with Crippen molar-refractivity contribution >= 4 is 11.9 Å². The molecule has 6 heteroatoms. The van der Waals surface area contributed by atoms with Gasteiger partial charge in [-0.2, -0.15) is 0 Å². The van der Waals surface area contributed by atoms with Gasteiger partial charge in [0.15, 0.2) is 5.96 Å². The van der Waals surface area contributed by atoms with Gasteiger partial charge in [0.25, 0.3) is 0 Å². The Labute approximate surface area is 121 Å². The highest BCUT2D eigenvalue weighted by Crippen LogP contribution is 2.26. The molecule has 2 rings (SSSR count). The fraction of sp³-hybridized carbons (Fsp3) is 0.857. The van der Waals surface area contributed by atoms with Crippen molar-refractivity contribution in [1.82, 2.24) is 20.9 Å². The van der Waals surface area contributed by atoms with Gasteiger partial charge in [-0.05, 0) is 19.3 Å². The second-order valence-corrected chi connectivity index (χ2v) is 5.66. The zero-order valence-corrected chi connectivity index (χ0v) is 12.6. The molecular formula is C14H27N5O. The summed E-state index contributed by atoms with van der Waals surface area (Å²) in [6.07, 6.45) is 6.63. The van der Waals surface area contributed by atoms with Gasteiger partial charge in [0, 0.05) is 39.3 Å². The molecule has 2 aliphatic rings. The number of aliphatic imine (C=N–C) groups is 1. The first-order chi connectivity index (χ1) is 9.72. The molecule has 6 nitrogen and oxygen atoms in total. The number of hydrogen-bond donors (Lipinski definition) is 3. The molecule has 1 unspecified atom stereocenters. The molecule has 0 spiro atoms. The van der Waals surface area contributed by atoms with Crippen LogP contribution in [0.15, 0.2) is 4.99 Å². The summed E-state index contributed by atoms with van der Waals surface area (Å²) in [7, 11) is 3.37. The minimum Gasteiger partial charge on any atom is -0.358 e. The molecule has 114 valence electrons. The van der Waals surface area contributed by atoms with E-state index < -0.39 is 0 Å². The average Bonchev–Trinajstić information content (AvgIpc) is 3.13. The summed E-state index contributed by atoms with van der Waals surface area (Å²) in [6.45, 7) is 2.52. The van der Waals surface area contributed by atoms with Crippen LogP contribution in [0.5, 0.6) is 0 Å². The predicted molar refractivity (Wildman–Crippen MR) is 80.8 cm³/mol. The van der Waals surface area contributed by atoms with Crippen molar-refractivity contribution in [3.05, 3.63) is 0 Å². The Kier molecular flexibility index (Phi) is 5.64. The minimum absolute atomic E-state index is 0.0352. The van der Waals surface area contributed by atoms with Crippen molar-refractivity contribution in [2.24, 2.45) is 4.99 Å². The van der Waals surface area contributed by atoms with Gasteiger partial charge in [0.05, 0.1) is 6.54 Å². The normalized spacial score (nSPS) is 24.9. The SMILES string of the molecule is CN=C(NCC(=O)NC)NC1CCN(C2CCCC2)C1. The number of likely N-dealkylation sites (N-methyl/N-ethyl adjacent to an activating group) is 1. The Morgan fingerprint density at radius 3 is 2.70 bits per heavy atom. The fourth-order valence-corrected chi connectivity index (χ4v) is 3.15. The molecule has 1 aliphatic heterocycles. The van der Waals surface area contributed by atoms with Gasteiger partial charge < -0.3 is 16.0 Å². The molecule has 1 amide bonds. The molecule has 2 fully saturated rings. The molecule has 3 N–H and O–H groups in total. The summed E-state index contributed by atoms with van der Waals surface area (Å²) in [5.74, 6) is 0.679. The zero-order valence-electron chi connectivity index (χ0n) is 12.6. The van der Waals surface area contributed by atoms with E-state index in [2.05, 4.69) is 25.8 Å². The monoisotopic (exact) mass is 281 g/mol. The number of rotatable bonds is 4. The van der Waals surface area contributed by atoms with E-state index in [4.69, 9.17) is 0 Å². The van der Waals surface area contributed by atoms with Crippen molar-refractivity contribution in [1.29, 1.82) is 0 Å². The fourth-order valence-electron chi connectivity index (χ4n) is 3.15. The Morgan fingerprint density at radius 2 is 2.05 bits per heavy atom. The third kappa shape index (κ3) is 4.10. The van der Waals surface area contributed by atoms with E-state index in [-0.39, 0.29) is 12.5 Å². The molecular weight excluding hydrogens is 254 g/mol. The first-order valence-electron chi connectivity index (χ1n) is 7.64. The lowest BCUT2D eigenvalue weighted by Crippen LogP contribution is -2.47.